The lowest BCUT2D eigenvalue weighted by Crippen LogP contribution is -2.58. The summed E-state index contributed by atoms with van der Waals surface area (Å²) < 4.78 is 17.3. The molecule has 0 unspecified atom stereocenters. The van der Waals surface area contributed by atoms with Gasteiger partial charge in [0.25, 0.3) is 0 Å². The predicted molar refractivity (Wildman–Crippen MR) is 70.4 cm³/mol. The number of ether oxygens (including phenoxy) is 3. The van der Waals surface area contributed by atoms with Gasteiger partial charge in [-0.05, 0) is 32.8 Å². The minimum absolute atomic E-state index is 0.00900. The van der Waals surface area contributed by atoms with Crippen LogP contribution in [0.3, 0.4) is 0 Å². The van der Waals surface area contributed by atoms with Gasteiger partial charge in [0.05, 0.1) is 18.5 Å². The maximum absolute atomic E-state index is 11.0. The van der Waals surface area contributed by atoms with Crippen molar-refractivity contribution in [3.63, 3.8) is 0 Å². The molecular formula is C15H24O4. The van der Waals surface area contributed by atoms with E-state index in [1.807, 2.05) is 19.9 Å². The molecule has 0 aromatic heterocycles. The second-order valence-corrected chi connectivity index (χ2v) is 6.49. The van der Waals surface area contributed by atoms with Gasteiger partial charge < -0.3 is 19.3 Å². The summed E-state index contributed by atoms with van der Waals surface area (Å²) >= 11 is 0. The summed E-state index contributed by atoms with van der Waals surface area (Å²) in [5.74, 6) is -0.589. The van der Waals surface area contributed by atoms with Gasteiger partial charge in [-0.3, -0.25) is 0 Å². The summed E-state index contributed by atoms with van der Waals surface area (Å²) in [6.45, 7) is 4.36. The lowest BCUT2D eigenvalue weighted by Gasteiger charge is -2.49. The van der Waals surface area contributed by atoms with Crippen molar-refractivity contribution in [1.82, 2.24) is 0 Å². The van der Waals surface area contributed by atoms with E-state index in [0.717, 1.165) is 25.7 Å². The Morgan fingerprint density at radius 1 is 1.16 bits per heavy atom. The lowest BCUT2D eigenvalue weighted by atomic mass is 9.71. The predicted octanol–water partition coefficient (Wildman–Crippen LogP) is 2.36. The Morgan fingerprint density at radius 3 is 2.63 bits per heavy atom. The van der Waals surface area contributed by atoms with E-state index in [2.05, 4.69) is 0 Å². The largest absolute Gasteiger partial charge is 0.493 e. The van der Waals surface area contributed by atoms with Gasteiger partial charge in [-0.1, -0.05) is 19.3 Å². The standard InChI is InChI=1S/C15H24O4/c1-14(2)18-10-12-13(19-14)11(6-9-17-12)15(16)7-4-3-5-8-15/h6,9,11-13,16H,3-5,7-8,10H2,1-2H3/t11-,12-,13+/m1/s1. The van der Waals surface area contributed by atoms with Crippen LogP contribution in [-0.2, 0) is 14.2 Å². The smallest absolute Gasteiger partial charge is 0.163 e. The van der Waals surface area contributed by atoms with E-state index < -0.39 is 11.4 Å². The fourth-order valence-electron chi connectivity index (χ4n) is 3.56. The van der Waals surface area contributed by atoms with Gasteiger partial charge in [-0.2, -0.15) is 0 Å². The van der Waals surface area contributed by atoms with Crippen LogP contribution < -0.4 is 0 Å². The Balaban J connectivity index is 1.83. The van der Waals surface area contributed by atoms with Crippen LogP contribution in [0.2, 0.25) is 0 Å². The van der Waals surface area contributed by atoms with Crippen molar-refractivity contribution in [3.05, 3.63) is 12.3 Å². The molecule has 1 saturated carbocycles. The minimum atomic E-state index is -0.644. The summed E-state index contributed by atoms with van der Waals surface area (Å²) in [4.78, 5) is 0. The third kappa shape index (κ3) is 2.54. The number of hydrogen-bond acceptors (Lipinski definition) is 4. The van der Waals surface area contributed by atoms with E-state index in [9.17, 15) is 5.11 Å². The van der Waals surface area contributed by atoms with Crippen LogP contribution in [0.1, 0.15) is 46.0 Å². The summed E-state index contributed by atoms with van der Waals surface area (Å²) in [6, 6.07) is 0. The van der Waals surface area contributed by atoms with Crippen LogP contribution >= 0.6 is 0 Å². The molecule has 4 heteroatoms. The van der Waals surface area contributed by atoms with E-state index in [0.29, 0.717) is 6.61 Å². The highest BCUT2D eigenvalue weighted by Crippen LogP contribution is 2.42. The molecule has 2 fully saturated rings. The maximum atomic E-state index is 11.0. The molecule has 1 aliphatic carbocycles. The second kappa shape index (κ2) is 4.76. The van der Waals surface area contributed by atoms with Crippen LogP contribution in [0.5, 0.6) is 0 Å². The molecular weight excluding hydrogens is 244 g/mol. The SMILES string of the molecule is CC1(C)OC[C@H]2OC=C[C@@H](C3(O)CCCCC3)[C@@H]2O1. The Kier molecular flexibility index (Phi) is 3.36. The first-order valence-corrected chi connectivity index (χ1v) is 7.37. The maximum Gasteiger partial charge on any atom is 0.163 e. The molecule has 0 aromatic rings. The molecule has 19 heavy (non-hydrogen) atoms. The highest BCUT2D eigenvalue weighted by atomic mass is 16.7. The molecule has 3 rings (SSSR count). The molecule has 0 aromatic carbocycles. The zero-order chi connectivity index (χ0) is 13.5. The highest BCUT2D eigenvalue weighted by molar-refractivity contribution is 5.08. The van der Waals surface area contributed by atoms with E-state index >= 15 is 0 Å². The summed E-state index contributed by atoms with van der Waals surface area (Å²) in [7, 11) is 0. The average molecular weight is 268 g/mol. The van der Waals surface area contributed by atoms with Crippen LogP contribution in [0.4, 0.5) is 0 Å². The van der Waals surface area contributed by atoms with Crippen LogP contribution in [-0.4, -0.2) is 35.3 Å². The van der Waals surface area contributed by atoms with Gasteiger partial charge in [-0.25, -0.2) is 0 Å². The quantitative estimate of drug-likeness (QED) is 0.793. The Hall–Kier alpha value is -0.580. The Labute approximate surface area is 114 Å². The molecule has 1 saturated heterocycles. The molecule has 4 nitrogen and oxygen atoms in total. The second-order valence-electron chi connectivity index (χ2n) is 6.49. The van der Waals surface area contributed by atoms with Gasteiger partial charge in [0.1, 0.15) is 12.2 Å². The average Bonchev–Trinajstić information content (AvgIpc) is 2.38. The molecule has 3 aliphatic rings. The molecule has 1 N–H and O–H groups in total. The van der Waals surface area contributed by atoms with Crippen molar-refractivity contribution >= 4 is 0 Å². The summed E-state index contributed by atoms with van der Waals surface area (Å²) in [5, 5.41) is 11.0. The van der Waals surface area contributed by atoms with Gasteiger partial charge >= 0.3 is 0 Å². The van der Waals surface area contributed by atoms with E-state index in [1.165, 1.54) is 6.42 Å². The zero-order valence-electron chi connectivity index (χ0n) is 11.8. The summed E-state index contributed by atoms with van der Waals surface area (Å²) in [6.07, 6.45) is 8.60. The first kappa shape index (κ1) is 13.4. The van der Waals surface area contributed by atoms with Crippen LogP contribution in [0, 0.1) is 5.92 Å². The molecule has 0 amide bonds. The third-order valence-electron chi connectivity index (χ3n) is 4.61. The van der Waals surface area contributed by atoms with Crippen LogP contribution in [0.15, 0.2) is 12.3 Å². The van der Waals surface area contributed by atoms with Gasteiger partial charge in [0.2, 0.25) is 0 Å². The monoisotopic (exact) mass is 268 g/mol. The number of fused-ring (bicyclic) bond motifs is 1. The first-order valence-electron chi connectivity index (χ1n) is 7.37. The Morgan fingerprint density at radius 2 is 1.89 bits per heavy atom. The van der Waals surface area contributed by atoms with E-state index in [1.54, 1.807) is 6.26 Å². The lowest BCUT2D eigenvalue weighted by molar-refractivity contribution is -0.323. The first-order chi connectivity index (χ1) is 9.00. The number of hydrogen-bond donors (Lipinski definition) is 1. The Bertz CT molecular complexity index is 357. The molecule has 0 radical (unpaired) electrons. The van der Waals surface area contributed by atoms with Gasteiger partial charge in [0, 0.05) is 5.92 Å². The topological polar surface area (TPSA) is 47.9 Å². The number of rotatable bonds is 1. The van der Waals surface area contributed by atoms with Crippen molar-refractivity contribution in [3.8, 4) is 0 Å². The number of aliphatic hydroxyl groups is 1. The van der Waals surface area contributed by atoms with E-state index in [4.69, 9.17) is 14.2 Å². The van der Waals surface area contributed by atoms with Crippen molar-refractivity contribution in [2.75, 3.05) is 6.61 Å². The fourth-order valence-corrected chi connectivity index (χ4v) is 3.56. The molecule has 2 aliphatic heterocycles. The van der Waals surface area contributed by atoms with Crippen molar-refractivity contribution in [1.29, 1.82) is 0 Å². The van der Waals surface area contributed by atoms with E-state index in [-0.39, 0.29) is 18.1 Å². The van der Waals surface area contributed by atoms with Crippen LogP contribution in [0.25, 0.3) is 0 Å². The minimum Gasteiger partial charge on any atom is -0.493 e. The third-order valence-corrected chi connectivity index (χ3v) is 4.61. The highest BCUT2D eigenvalue weighted by Gasteiger charge is 2.50. The molecule has 3 atom stereocenters. The molecule has 108 valence electrons. The summed E-state index contributed by atoms with van der Waals surface area (Å²) in [5.41, 5.74) is -0.644. The molecule has 0 spiro atoms. The van der Waals surface area contributed by atoms with Crippen molar-refractivity contribution in [2.24, 2.45) is 5.92 Å². The van der Waals surface area contributed by atoms with Gasteiger partial charge in [0.15, 0.2) is 5.79 Å². The normalized spacial score (nSPS) is 40.3. The fraction of sp³-hybridized carbons (Fsp3) is 0.867. The van der Waals surface area contributed by atoms with Crippen molar-refractivity contribution in [2.45, 2.75) is 69.5 Å². The molecule has 0 bridgehead atoms. The zero-order valence-corrected chi connectivity index (χ0v) is 11.8. The van der Waals surface area contributed by atoms with Crippen molar-refractivity contribution < 1.29 is 19.3 Å². The molecule has 2 heterocycles. The van der Waals surface area contributed by atoms with Gasteiger partial charge in [-0.15, -0.1) is 0 Å².